The van der Waals surface area contributed by atoms with Crippen LogP contribution >= 0.6 is 11.6 Å². The summed E-state index contributed by atoms with van der Waals surface area (Å²) in [6, 6.07) is 9.14. The monoisotopic (exact) mass is 560 g/mol. The summed E-state index contributed by atoms with van der Waals surface area (Å²) in [6.45, 7) is 11.9. The summed E-state index contributed by atoms with van der Waals surface area (Å²) in [7, 11) is 0. The molecule has 2 aliphatic rings. The van der Waals surface area contributed by atoms with Crippen molar-refractivity contribution in [2.75, 3.05) is 26.2 Å². The number of carboxylic acids is 1. The Morgan fingerprint density at radius 3 is 2.21 bits per heavy atom. The van der Waals surface area contributed by atoms with Crippen molar-refractivity contribution in [1.82, 2.24) is 9.80 Å². The predicted octanol–water partition coefficient (Wildman–Crippen LogP) is 6.59. The van der Waals surface area contributed by atoms with Crippen LogP contribution in [0.3, 0.4) is 0 Å². The maximum Gasteiger partial charge on any atom is 0.313 e. The summed E-state index contributed by atoms with van der Waals surface area (Å²) in [5, 5.41) is 10.5. The molecule has 1 N–H and O–H groups in total. The van der Waals surface area contributed by atoms with Crippen LogP contribution in [-0.2, 0) is 15.0 Å². The smallest absolute Gasteiger partial charge is 0.313 e. The Bertz CT molecular complexity index is 1240. The van der Waals surface area contributed by atoms with Gasteiger partial charge in [-0.2, -0.15) is 0 Å². The SMILES string of the molecule is CCC(C)(C(=O)O)c1cc(Cl)ccc1C1CCN(C(=O)C2CN(C(C)(C)C)CC2c2ccc(F)cc2F)CC1. The van der Waals surface area contributed by atoms with Crippen LogP contribution in [0.15, 0.2) is 36.4 Å². The molecule has 1 amide bonds. The van der Waals surface area contributed by atoms with Gasteiger partial charge < -0.3 is 10.0 Å². The fourth-order valence-electron chi connectivity index (χ4n) is 6.18. The number of carbonyl (C=O) groups is 2. The van der Waals surface area contributed by atoms with E-state index in [1.807, 2.05) is 17.9 Å². The molecule has 2 heterocycles. The molecule has 4 rings (SSSR count). The Labute approximate surface area is 235 Å². The zero-order valence-corrected chi connectivity index (χ0v) is 24.2. The number of piperidine rings is 1. The highest BCUT2D eigenvalue weighted by Crippen LogP contribution is 2.42. The Kier molecular flexibility index (Phi) is 8.44. The molecule has 0 aromatic heterocycles. The van der Waals surface area contributed by atoms with Crippen molar-refractivity contribution in [1.29, 1.82) is 0 Å². The first-order chi connectivity index (χ1) is 18.3. The maximum absolute atomic E-state index is 14.9. The molecule has 0 radical (unpaired) electrons. The Hall–Kier alpha value is -2.51. The van der Waals surface area contributed by atoms with Gasteiger partial charge in [-0.05, 0) is 87.8 Å². The summed E-state index contributed by atoms with van der Waals surface area (Å²) in [5.74, 6) is -2.82. The van der Waals surface area contributed by atoms with Gasteiger partial charge in [0.2, 0.25) is 5.91 Å². The second-order valence-corrected chi connectivity index (χ2v) is 12.7. The molecule has 2 fully saturated rings. The van der Waals surface area contributed by atoms with E-state index in [1.54, 1.807) is 19.1 Å². The van der Waals surface area contributed by atoms with Crippen LogP contribution in [0.4, 0.5) is 8.78 Å². The quantitative estimate of drug-likeness (QED) is 0.433. The van der Waals surface area contributed by atoms with E-state index in [1.165, 1.54) is 12.1 Å². The van der Waals surface area contributed by atoms with Crippen molar-refractivity contribution >= 4 is 23.5 Å². The average molecular weight is 561 g/mol. The fraction of sp³-hybridized carbons (Fsp3) is 0.548. The number of likely N-dealkylation sites (tertiary alicyclic amines) is 2. The first-order valence-electron chi connectivity index (χ1n) is 13.8. The van der Waals surface area contributed by atoms with E-state index in [0.717, 1.165) is 17.2 Å². The van der Waals surface area contributed by atoms with Crippen LogP contribution in [0.2, 0.25) is 5.02 Å². The van der Waals surface area contributed by atoms with E-state index >= 15 is 0 Å². The highest BCUT2D eigenvalue weighted by molar-refractivity contribution is 6.30. The summed E-state index contributed by atoms with van der Waals surface area (Å²) < 4.78 is 28.5. The van der Waals surface area contributed by atoms with Gasteiger partial charge in [-0.25, -0.2) is 8.78 Å². The van der Waals surface area contributed by atoms with E-state index in [2.05, 4.69) is 25.7 Å². The molecule has 212 valence electrons. The van der Waals surface area contributed by atoms with E-state index in [0.29, 0.717) is 56.0 Å². The van der Waals surface area contributed by atoms with Gasteiger partial charge in [-0.1, -0.05) is 30.7 Å². The molecule has 8 heteroatoms. The molecule has 2 aromatic carbocycles. The van der Waals surface area contributed by atoms with Gasteiger partial charge in [0, 0.05) is 48.7 Å². The fourth-order valence-corrected chi connectivity index (χ4v) is 6.36. The maximum atomic E-state index is 14.9. The molecule has 5 nitrogen and oxygen atoms in total. The van der Waals surface area contributed by atoms with Crippen molar-refractivity contribution in [2.45, 2.75) is 76.7 Å². The second kappa shape index (κ2) is 11.2. The van der Waals surface area contributed by atoms with E-state index in [9.17, 15) is 23.5 Å². The van der Waals surface area contributed by atoms with Crippen LogP contribution < -0.4 is 0 Å². The number of halogens is 3. The summed E-state index contributed by atoms with van der Waals surface area (Å²) in [4.78, 5) is 30.2. The van der Waals surface area contributed by atoms with Crippen molar-refractivity contribution in [3.63, 3.8) is 0 Å². The highest BCUT2D eigenvalue weighted by atomic mass is 35.5. The molecule has 2 saturated heterocycles. The first kappa shape index (κ1) is 29.5. The van der Waals surface area contributed by atoms with Crippen molar-refractivity contribution in [3.05, 3.63) is 69.7 Å². The Morgan fingerprint density at radius 1 is 1.00 bits per heavy atom. The normalized spacial score (nSPS) is 22.6. The first-order valence-corrected chi connectivity index (χ1v) is 14.2. The molecule has 0 aliphatic carbocycles. The van der Waals surface area contributed by atoms with Crippen LogP contribution in [0.1, 0.15) is 82.4 Å². The van der Waals surface area contributed by atoms with Crippen LogP contribution in [0.25, 0.3) is 0 Å². The standard InChI is InChI=1S/C31H39ClF2N2O3/c1-6-31(5,29(38)39)26-15-20(32)7-9-22(26)19-11-13-35(14-12-19)28(37)25-18-36(30(2,3)4)17-24(25)23-10-8-21(33)16-27(23)34/h7-10,15-16,19,24-25H,6,11-14,17-18H2,1-5H3,(H,38,39). The third-order valence-electron chi connectivity index (χ3n) is 8.98. The van der Waals surface area contributed by atoms with Gasteiger partial charge in [0.25, 0.3) is 0 Å². The minimum atomic E-state index is -1.06. The lowest BCUT2D eigenvalue weighted by molar-refractivity contribution is -0.143. The minimum Gasteiger partial charge on any atom is -0.481 e. The lowest BCUT2D eigenvalue weighted by Crippen LogP contribution is -2.44. The number of hydrogen-bond acceptors (Lipinski definition) is 3. The number of hydrogen-bond donors (Lipinski definition) is 1. The minimum absolute atomic E-state index is 0.00538. The Balaban J connectivity index is 1.55. The molecule has 39 heavy (non-hydrogen) atoms. The molecule has 0 saturated carbocycles. The molecular weight excluding hydrogens is 522 g/mol. The predicted molar refractivity (Wildman–Crippen MR) is 149 cm³/mol. The second-order valence-electron chi connectivity index (χ2n) is 12.3. The van der Waals surface area contributed by atoms with Gasteiger partial charge in [-0.3, -0.25) is 14.5 Å². The lowest BCUT2D eigenvalue weighted by atomic mass is 9.73. The van der Waals surface area contributed by atoms with Crippen LogP contribution in [0.5, 0.6) is 0 Å². The number of amides is 1. The third kappa shape index (κ3) is 5.85. The molecule has 2 aliphatic heterocycles. The number of rotatable bonds is 6. The molecule has 2 aromatic rings. The number of carboxylic acid groups (broad SMARTS) is 1. The topological polar surface area (TPSA) is 60.9 Å². The number of benzene rings is 2. The average Bonchev–Trinajstić information content (AvgIpc) is 3.33. The highest BCUT2D eigenvalue weighted by Gasteiger charge is 2.45. The van der Waals surface area contributed by atoms with Crippen molar-refractivity contribution in [3.8, 4) is 0 Å². The van der Waals surface area contributed by atoms with E-state index in [4.69, 9.17) is 11.6 Å². The molecule has 3 atom stereocenters. The zero-order chi connectivity index (χ0) is 28.7. The summed E-state index contributed by atoms with van der Waals surface area (Å²) >= 11 is 6.29. The van der Waals surface area contributed by atoms with Crippen LogP contribution in [0, 0.1) is 17.6 Å². The van der Waals surface area contributed by atoms with Gasteiger partial charge in [0.1, 0.15) is 11.6 Å². The van der Waals surface area contributed by atoms with Gasteiger partial charge in [0.15, 0.2) is 0 Å². The van der Waals surface area contributed by atoms with Crippen LogP contribution in [-0.4, -0.2) is 58.5 Å². The van der Waals surface area contributed by atoms with E-state index in [-0.39, 0.29) is 23.3 Å². The summed E-state index contributed by atoms with van der Waals surface area (Å²) in [6.07, 6.45) is 1.83. The number of carbonyl (C=O) groups excluding carboxylic acids is 1. The van der Waals surface area contributed by atoms with Gasteiger partial charge in [-0.15, -0.1) is 0 Å². The van der Waals surface area contributed by atoms with Crippen molar-refractivity contribution < 1.29 is 23.5 Å². The third-order valence-corrected chi connectivity index (χ3v) is 9.22. The Morgan fingerprint density at radius 2 is 1.64 bits per heavy atom. The largest absolute Gasteiger partial charge is 0.481 e. The van der Waals surface area contributed by atoms with Gasteiger partial charge in [0.05, 0.1) is 11.3 Å². The van der Waals surface area contributed by atoms with E-state index < -0.39 is 28.9 Å². The van der Waals surface area contributed by atoms with Gasteiger partial charge >= 0.3 is 5.97 Å². The number of aliphatic carboxylic acids is 1. The zero-order valence-electron chi connectivity index (χ0n) is 23.4. The molecule has 0 bridgehead atoms. The molecule has 0 spiro atoms. The molecule has 3 unspecified atom stereocenters. The van der Waals surface area contributed by atoms with Crippen molar-refractivity contribution in [2.24, 2.45) is 5.92 Å². The summed E-state index contributed by atoms with van der Waals surface area (Å²) in [5.41, 5.74) is 0.842. The number of nitrogens with zero attached hydrogens (tertiary/aromatic N) is 2. The molecular formula is C31H39ClF2N2O3. The lowest BCUT2D eigenvalue weighted by Gasteiger charge is -2.37.